The average molecular weight is 299 g/mol. The van der Waals surface area contributed by atoms with Gasteiger partial charge in [-0.05, 0) is 12.5 Å². The van der Waals surface area contributed by atoms with Crippen LogP contribution in [0.3, 0.4) is 0 Å². The lowest BCUT2D eigenvalue weighted by molar-refractivity contribution is -0.0176. The molecule has 0 aliphatic carbocycles. The maximum absolute atomic E-state index is 10.8. The zero-order chi connectivity index (χ0) is 15.5. The minimum Gasteiger partial charge on any atom is -0.476 e. The summed E-state index contributed by atoms with van der Waals surface area (Å²) >= 11 is 0. The Morgan fingerprint density at radius 2 is 2.00 bits per heavy atom. The zero-order valence-corrected chi connectivity index (χ0v) is 12.2. The Morgan fingerprint density at radius 3 is 2.64 bits per heavy atom. The van der Waals surface area contributed by atoms with Crippen LogP contribution < -0.4 is 4.90 Å². The van der Waals surface area contributed by atoms with Crippen molar-refractivity contribution in [3.8, 4) is 0 Å². The van der Waals surface area contributed by atoms with Crippen LogP contribution in [0.1, 0.15) is 29.1 Å². The smallest absolute Gasteiger partial charge is 0.356 e. The molecule has 2 heterocycles. The first-order valence-electron chi connectivity index (χ1n) is 7.14. The van der Waals surface area contributed by atoms with Crippen LogP contribution >= 0.6 is 0 Å². The number of carboxylic acids is 1. The molecule has 6 nitrogen and oxygen atoms in total. The summed E-state index contributed by atoms with van der Waals surface area (Å²) in [5.74, 6) is -0.405. The van der Waals surface area contributed by atoms with Crippen LogP contribution in [0.4, 0.5) is 5.82 Å². The van der Waals surface area contributed by atoms with Gasteiger partial charge in [0.25, 0.3) is 0 Å². The molecule has 2 unspecified atom stereocenters. The van der Waals surface area contributed by atoms with Gasteiger partial charge in [0, 0.05) is 13.1 Å². The van der Waals surface area contributed by atoms with E-state index in [-0.39, 0.29) is 17.9 Å². The Hall–Kier alpha value is -2.47. The maximum atomic E-state index is 10.8. The van der Waals surface area contributed by atoms with E-state index >= 15 is 0 Å². The van der Waals surface area contributed by atoms with E-state index in [0.717, 1.165) is 5.56 Å². The normalized spacial score (nSPS) is 21.6. The van der Waals surface area contributed by atoms with Crippen LogP contribution in [-0.2, 0) is 4.74 Å². The summed E-state index contributed by atoms with van der Waals surface area (Å²) in [7, 11) is 0. The quantitative estimate of drug-likeness (QED) is 0.936. The van der Waals surface area contributed by atoms with Crippen molar-refractivity contribution in [2.24, 2.45) is 0 Å². The second-order valence-corrected chi connectivity index (χ2v) is 5.32. The zero-order valence-electron chi connectivity index (χ0n) is 12.2. The molecule has 1 N–H and O–H groups in total. The van der Waals surface area contributed by atoms with Gasteiger partial charge in [-0.1, -0.05) is 30.3 Å². The number of rotatable bonds is 3. The highest BCUT2D eigenvalue weighted by molar-refractivity contribution is 5.84. The van der Waals surface area contributed by atoms with Crippen LogP contribution in [0.25, 0.3) is 0 Å². The van der Waals surface area contributed by atoms with Crippen molar-refractivity contribution >= 4 is 11.8 Å². The molecule has 1 fully saturated rings. The third-order valence-corrected chi connectivity index (χ3v) is 3.61. The van der Waals surface area contributed by atoms with Crippen LogP contribution in [0.5, 0.6) is 0 Å². The monoisotopic (exact) mass is 299 g/mol. The van der Waals surface area contributed by atoms with Crippen LogP contribution in [-0.4, -0.2) is 40.2 Å². The van der Waals surface area contributed by atoms with Gasteiger partial charge in [0.15, 0.2) is 5.69 Å². The third-order valence-electron chi connectivity index (χ3n) is 3.61. The fourth-order valence-electron chi connectivity index (χ4n) is 2.59. The van der Waals surface area contributed by atoms with E-state index in [0.29, 0.717) is 18.9 Å². The Bertz CT molecular complexity index is 645. The van der Waals surface area contributed by atoms with Crippen molar-refractivity contribution in [2.75, 3.05) is 18.0 Å². The summed E-state index contributed by atoms with van der Waals surface area (Å²) in [6, 6.07) is 10.0. The first kappa shape index (κ1) is 14.5. The minimum atomic E-state index is -1.07. The number of ether oxygens (including phenoxy) is 1. The average Bonchev–Trinajstić information content (AvgIpc) is 2.55. The molecule has 1 aliphatic heterocycles. The highest BCUT2D eigenvalue weighted by Gasteiger charge is 2.27. The van der Waals surface area contributed by atoms with Gasteiger partial charge in [0.2, 0.25) is 0 Å². The Balaban J connectivity index is 1.80. The van der Waals surface area contributed by atoms with Crippen LogP contribution in [0, 0.1) is 0 Å². The van der Waals surface area contributed by atoms with Crippen molar-refractivity contribution in [1.82, 2.24) is 9.97 Å². The third kappa shape index (κ3) is 3.07. The van der Waals surface area contributed by atoms with Gasteiger partial charge in [-0.15, -0.1) is 0 Å². The SMILES string of the molecule is CC1CN(c2cnc(C(=O)O)cn2)CC(c2ccccc2)O1. The summed E-state index contributed by atoms with van der Waals surface area (Å²) in [6.07, 6.45) is 2.81. The molecule has 1 saturated heterocycles. The van der Waals surface area contributed by atoms with Crippen LogP contribution in [0.15, 0.2) is 42.7 Å². The van der Waals surface area contributed by atoms with Gasteiger partial charge in [-0.25, -0.2) is 14.8 Å². The number of benzene rings is 1. The highest BCUT2D eigenvalue weighted by atomic mass is 16.5. The van der Waals surface area contributed by atoms with Gasteiger partial charge in [-0.2, -0.15) is 0 Å². The molecular formula is C16H17N3O3. The number of aromatic nitrogens is 2. The fourth-order valence-corrected chi connectivity index (χ4v) is 2.59. The largest absolute Gasteiger partial charge is 0.476 e. The van der Waals surface area contributed by atoms with Crippen molar-refractivity contribution < 1.29 is 14.6 Å². The number of hydrogen-bond acceptors (Lipinski definition) is 5. The Morgan fingerprint density at radius 1 is 1.23 bits per heavy atom. The lowest BCUT2D eigenvalue weighted by Crippen LogP contribution is -2.43. The molecule has 0 spiro atoms. The number of anilines is 1. The van der Waals surface area contributed by atoms with E-state index in [4.69, 9.17) is 9.84 Å². The molecule has 1 aromatic carbocycles. The van der Waals surface area contributed by atoms with Gasteiger partial charge in [0.05, 0.1) is 18.5 Å². The van der Waals surface area contributed by atoms with Gasteiger partial charge >= 0.3 is 5.97 Å². The van der Waals surface area contributed by atoms with E-state index < -0.39 is 5.97 Å². The predicted molar refractivity (Wildman–Crippen MR) is 80.9 cm³/mol. The van der Waals surface area contributed by atoms with E-state index in [2.05, 4.69) is 14.9 Å². The molecule has 1 aliphatic rings. The fraction of sp³-hybridized carbons (Fsp3) is 0.312. The standard InChI is InChI=1S/C16H17N3O3/c1-11-9-19(15-8-17-13(7-18-15)16(20)21)10-14(22-11)12-5-3-2-4-6-12/h2-8,11,14H,9-10H2,1H3,(H,20,21). The molecule has 22 heavy (non-hydrogen) atoms. The lowest BCUT2D eigenvalue weighted by atomic mass is 10.1. The predicted octanol–water partition coefficient (Wildman–Crippen LogP) is 2.14. The molecule has 6 heteroatoms. The van der Waals surface area contributed by atoms with Crippen molar-refractivity contribution in [3.63, 3.8) is 0 Å². The molecular weight excluding hydrogens is 282 g/mol. The second kappa shape index (κ2) is 6.11. The molecule has 0 amide bonds. The molecule has 2 aromatic rings. The number of hydrogen-bond donors (Lipinski definition) is 1. The number of carbonyl (C=O) groups is 1. The van der Waals surface area contributed by atoms with Crippen molar-refractivity contribution in [1.29, 1.82) is 0 Å². The molecule has 0 radical (unpaired) electrons. The summed E-state index contributed by atoms with van der Waals surface area (Å²) in [4.78, 5) is 21.1. The van der Waals surface area contributed by atoms with Gasteiger partial charge in [-0.3, -0.25) is 0 Å². The Kier molecular flexibility index (Phi) is 4.02. The second-order valence-electron chi connectivity index (χ2n) is 5.32. The first-order chi connectivity index (χ1) is 10.6. The molecule has 3 rings (SSSR count). The Labute approximate surface area is 128 Å². The number of carboxylic acid groups (broad SMARTS) is 1. The summed E-state index contributed by atoms with van der Waals surface area (Å²) in [6.45, 7) is 3.38. The van der Waals surface area contributed by atoms with E-state index in [1.165, 1.54) is 12.4 Å². The van der Waals surface area contributed by atoms with E-state index in [9.17, 15) is 4.79 Å². The summed E-state index contributed by atoms with van der Waals surface area (Å²) < 4.78 is 6.00. The van der Waals surface area contributed by atoms with Crippen molar-refractivity contribution in [3.05, 3.63) is 54.0 Å². The van der Waals surface area contributed by atoms with Gasteiger partial charge < -0.3 is 14.7 Å². The van der Waals surface area contributed by atoms with Gasteiger partial charge in [0.1, 0.15) is 11.9 Å². The number of nitrogens with zero attached hydrogens (tertiary/aromatic N) is 3. The van der Waals surface area contributed by atoms with E-state index in [1.54, 1.807) is 0 Å². The first-order valence-corrected chi connectivity index (χ1v) is 7.14. The molecule has 0 bridgehead atoms. The molecule has 2 atom stereocenters. The highest BCUT2D eigenvalue weighted by Crippen LogP contribution is 2.27. The topological polar surface area (TPSA) is 75.6 Å². The summed E-state index contributed by atoms with van der Waals surface area (Å²) in [5, 5.41) is 8.88. The van der Waals surface area contributed by atoms with E-state index in [1.807, 2.05) is 37.3 Å². The number of morpholine rings is 1. The van der Waals surface area contributed by atoms with Crippen LogP contribution in [0.2, 0.25) is 0 Å². The summed E-state index contributed by atoms with van der Waals surface area (Å²) in [5.41, 5.74) is 1.07. The van der Waals surface area contributed by atoms with Crippen molar-refractivity contribution in [2.45, 2.75) is 19.1 Å². The molecule has 1 aromatic heterocycles. The number of aromatic carboxylic acids is 1. The molecule has 114 valence electrons. The molecule has 0 saturated carbocycles. The minimum absolute atomic E-state index is 0.0362. The lowest BCUT2D eigenvalue weighted by Gasteiger charge is -2.37. The maximum Gasteiger partial charge on any atom is 0.356 e.